The van der Waals surface area contributed by atoms with Crippen molar-refractivity contribution >= 4 is 19.8 Å². The number of nitrogens with zero attached hydrogens (tertiary/aromatic N) is 1. The standard InChI is InChI=1S/C49H94NO8P/c1-6-8-10-12-14-16-18-20-22-23-24-25-26-28-30-32-34-36-38-40-42-49(52)58-47(46-57-59(53,54)56-44-43-50(3,4)5)45-55-48(51)41-39-37-35-33-31-29-27-21-19-17-15-13-11-9-7-2/h21,27,31,33,47H,6-20,22-26,28-30,32,34-46H2,1-5H3/p+1/b27-21+,33-31+/t47-/m1/s1. The van der Waals surface area contributed by atoms with E-state index < -0.39 is 32.5 Å². The fraction of sp³-hybridized carbons (Fsp3) is 0.878. The molecule has 0 bridgehead atoms. The van der Waals surface area contributed by atoms with Gasteiger partial charge in [-0.05, 0) is 44.9 Å². The van der Waals surface area contributed by atoms with Gasteiger partial charge in [-0.2, -0.15) is 0 Å². The first-order valence-corrected chi connectivity index (χ1v) is 26.1. The number of esters is 2. The molecular formula is C49H95NO8P+. The lowest BCUT2D eigenvalue weighted by Crippen LogP contribution is -2.37. The fourth-order valence-electron chi connectivity index (χ4n) is 6.87. The maximum absolute atomic E-state index is 12.7. The second kappa shape index (κ2) is 41.8. The zero-order chi connectivity index (χ0) is 43.6. The number of phosphoric ester groups is 1. The molecule has 9 nitrogen and oxygen atoms in total. The Bertz CT molecular complexity index is 1060. The van der Waals surface area contributed by atoms with Gasteiger partial charge in [0.05, 0.1) is 27.7 Å². The Morgan fingerprint density at radius 2 is 0.915 bits per heavy atom. The van der Waals surface area contributed by atoms with E-state index >= 15 is 0 Å². The highest BCUT2D eigenvalue weighted by molar-refractivity contribution is 7.47. The summed E-state index contributed by atoms with van der Waals surface area (Å²) in [5.74, 6) is -0.826. The molecule has 0 rings (SSSR count). The van der Waals surface area contributed by atoms with Crippen molar-refractivity contribution in [1.82, 2.24) is 0 Å². The number of allylic oxidation sites excluding steroid dienone is 4. The summed E-state index contributed by atoms with van der Waals surface area (Å²) < 4.78 is 34.4. The number of ether oxygens (including phenoxy) is 2. The zero-order valence-corrected chi connectivity index (χ0v) is 40.1. The first-order valence-electron chi connectivity index (χ1n) is 24.6. The first kappa shape index (κ1) is 57.5. The Morgan fingerprint density at radius 1 is 0.525 bits per heavy atom. The maximum Gasteiger partial charge on any atom is 0.472 e. The number of hydrogen-bond acceptors (Lipinski definition) is 7. The lowest BCUT2D eigenvalue weighted by atomic mass is 10.0. The second-order valence-corrected chi connectivity index (χ2v) is 19.3. The van der Waals surface area contributed by atoms with E-state index in [9.17, 15) is 19.0 Å². The monoisotopic (exact) mass is 857 g/mol. The van der Waals surface area contributed by atoms with Crippen LogP contribution in [-0.2, 0) is 32.7 Å². The number of unbranched alkanes of at least 4 members (excludes halogenated alkanes) is 27. The third kappa shape index (κ3) is 45.8. The Kier molecular flexibility index (Phi) is 40.8. The van der Waals surface area contributed by atoms with E-state index in [1.54, 1.807) is 0 Å². The van der Waals surface area contributed by atoms with Gasteiger partial charge in [0.25, 0.3) is 0 Å². The Hall–Kier alpha value is -1.51. The Balaban J connectivity index is 4.28. The van der Waals surface area contributed by atoms with Gasteiger partial charge < -0.3 is 18.9 Å². The Morgan fingerprint density at radius 3 is 1.37 bits per heavy atom. The third-order valence-electron chi connectivity index (χ3n) is 10.7. The summed E-state index contributed by atoms with van der Waals surface area (Å²) >= 11 is 0. The molecule has 0 aliphatic rings. The molecule has 0 amide bonds. The molecule has 0 aromatic carbocycles. The molecule has 0 aromatic rings. The minimum Gasteiger partial charge on any atom is -0.462 e. The summed E-state index contributed by atoms with van der Waals surface area (Å²) in [7, 11) is 1.47. The van der Waals surface area contributed by atoms with Gasteiger partial charge in [-0.3, -0.25) is 18.6 Å². The number of phosphoric acid groups is 1. The maximum atomic E-state index is 12.7. The van der Waals surface area contributed by atoms with Crippen molar-refractivity contribution in [3.8, 4) is 0 Å². The van der Waals surface area contributed by atoms with Gasteiger partial charge in [0.1, 0.15) is 19.8 Å². The molecule has 1 N–H and O–H groups in total. The third-order valence-corrected chi connectivity index (χ3v) is 11.7. The molecule has 0 fully saturated rings. The molecule has 1 unspecified atom stereocenters. The van der Waals surface area contributed by atoms with Crippen molar-refractivity contribution in [1.29, 1.82) is 0 Å². The van der Waals surface area contributed by atoms with Crippen molar-refractivity contribution in [2.75, 3.05) is 47.5 Å². The topological polar surface area (TPSA) is 108 Å². The van der Waals surface area contributed by atoms with E-state index in [1.807, 2.05) is 21.1 Å². The van der Waals surface area contributed by atoms with Gasteiger partial charge in [0.15, 0.2) is 6.10 Å². The first-order chi connectivity index (χ1) is 28.5. The van der Waals surface area contributed by atoms with Crippen LogP contribution in [0.25, 0.3) is 0 Å². The van der Waals surface area contributed by atoms with Crippen LogP contribution >= 0.6 is 7.82 Å². The highest BCUT2D eigenvalue weighted by atomic mass is 31.2. The van der Waals surface area contributed by atoms with Crippen LogP contribution in [-0.4, -0.2) is 74.9 Å². The molecule has 348 valence electrons. The van der Waals surface area contributed by atoms with E-state index in [0.717, 1.165) is 38.5 Å². The highest BCUT2D eigenvalue weighted by Crippen LogP contribution is 2.43. The molecule has 0 spiro atoms. The molecule has 0 saturated carbocycles. The number of hydrogen-bond donors (Lipinski definition) is 1. The number of quaternary nitrogens is 1. The van der Waals surface area contributed by atoms with Crippen LogP contribution in [0.5, 0.6) is 0 Å². The normalized spacial score (nSPS) is 13.7. The molecule has 59 heavy (non-hydrogen) atoms. The Labute approximate surface area is 364 Å². The average Bonchev–Trinajstić information content (AvgIpc) is 3.19. The van der Waals surface area contributed by atoms with Crippen LogP contribution in [0.1, 0.15) is 226 Å². The largest absolute Gasteiger partial charge is 0.472 e. The predicted octanol–water partition coefficient (Wildman–Crippen LogP) is 14.3. The van der Waals surface area contributed by atoms with Crippen molar-refractivity contribution in [2.45, 2.75) is 232 Å². The summed E-state index contributed by atoms with van der Waals surface area (Å²) in [5.41, 5.74) is 0. The molecule has 0 heterocycles. The van der Waals surface area contributed by atoms with Crippen LogP contribution in [0.3, 0.4) is 0 Å². The number of carbonyl (C=O) groups excluding carboxylic acids is 2. The minimum absolute atomic E-state index is 0.0291. The smallest absolute Gasteiger partial charge is 0.462 e. The van der Waals surface area contributed by atoms with Crippen molar-refractivity contribution < 1.29 is 42.1 Å². The van der Waals surface area contributed by atoms with Gasteiger partial charge in [-0.1, -0.05) is 192 Å². The van der Waals surface area contributed by atoms with Crippen molar-refractivity contribution in [3.05, 3.63) is 24.3 Å². The summed E-state index contributed by atoms with van der Waals surface area (Å²) in [6.07, 6.45) is 46.6. The quantitative estimate of drug-likeness (QED) is 0.0212. The summed E-state index contributed by atoms with van der Waals surface area (Å²) in [6, 6.07) is 0. The van der Waals surface area contributed by atoms with Gasteiger partial charge in [0.2, 0.25) is 0 Å². The lowest BCUT2D eigenvalue weighted by molar-refractivity contribution is -0.870. The molecular weight excluding hydrogens is 762 g/mol. The van der Waals surface area contributed by atoms with E-state index in [1.165, 1.54) is 148 Å². The summed E-state index contributed by atoms with van der Waals surface area (Å²) in [5, 5.41) is 0. The molecule has 0 radical (unpaired) electrons. The fourth-order valence-corrected chi connectivity index (χ4v) is 7.61. The number of rotatable bonds is 45. The van der Waals surface area contributed by atoms with Crippen LogP contribution in [0.2, 0.25) is 0 Å². The SMILES string of the molecule is CCCCCCCC/C=C/C/C=C/CCCCC(=O)OC[C@H](COP(=O)(O)OCC[N+](C)(C)C)OC(=O)CCCCCCCCCCCCCCCCCCCCCC. The van der Waals surface area contributed by atoms with Gasteiger partial charge in [-0.25, -0.2) is 4.57 Å². The average molecular weight is 857 g/mol. The van der Waals surface area contributed by atoms with Crippen molar-refractivity contribution in [3.63, 3.8) is 0 Å². The number of likely N-dealkylation sites (N-methyl/N-ethyl adjacent to an activating group) is 1. The molecule has 10 heteroatoms. The minimum atomic E-state index is -4.38. The molecule has 0 aromatic heterocycles. The van der Waals surface area contributed by atoms with Crippen LogP contribution in [0.4, 0.5) is 0 Å². The number of carbonyl (C=O) groups is 2. The predicted molar refractivity (Wildman–Crippen MR) is 247 cm³/mol. The van der Waals surface area contributed by atoms with Gasteiger partial charge in [0, 0.05) is 12.8 Å². The van der Waals surface area contributed by atoms with E-state index in [-0.39, 0.29) is 26.1 Å². The molecule has 0 aliphatic heterocycles. The summed E-state index contributed by atoms with van der Waals surface area (Å²) in [4.78, 5) is 35.4. The second-order valence-electron chi connectivity index (χ2n) is 17.9. The van der Waals surface area contributed by atoms with E-state index in [2.05, 4.69) is 38.2 Å². The van der Waals surface area contributed by atoms with Gasteiger partial charge in [-0.15, -0.1) is 0 Å². The molecule has 2 atom stereocenters. The van der Waals surface area contributed by atoms with Crippen molar-refractivity contribution in [2.24, 2.45) is 0 Å². The van der Waals surface area contributed by atoms with Crippen LogP contribution < -0.4 is 0 Å². The summed E-state index contributed by atoms with van der Waals surface area (Å²) in [6.45, 7) is 4.41. The van der Waals surface area contributed by atoms with Gasteiger partial charge >= 0.3 is 19.8 Å². The molecule has 0 aliphatic carbocycles. The van der Waals surface area contributed by atoms with Crippen LogP contribution in [0.15, 0.2) is 24.3 Å². The lowest BCUT2D eigenvalue weighted by Gasteiger charge is -2.24. The molecule has 0 saturated heterocycles. The highest BCUT2D eigenvalue weighted by Gasteiger charge is 2.27. The van der Waals surface area contributed by atoms with E-state index in [0.29, 0.717) is 23.9 Å². The van der Waals surface area contributed by atoms with Crippen LogP contribution in [0, 0.1) is 0 Å². The zero-order valence-electron chi connectivity index (χ0n) is 39.2. The van der Waals surface area contributed by atoms with E-state index in [4.69, 9.17) is 18.5 Å².